The minimum Gasteiger partial charge on any atom is -0.480 e. The summed E-state index contributed by atoms with van der Waals surface area (Å²) in [6.45, 7) is 8.34. The number of carboxylic acid groups (broad SMARTS) is 1. The highest BCUT2D eigenvalue weighted by molar-refractivity contribution is 5.82. The summed E-state index contributed by atoms with van der Waals surface area (Å²) in [7, 11) is 0. The molecule has 2 N–H and O–H groups in total. The van der Waals surface area contributed by atoms with E-state index in [1.54, 1.807) is 4.90 Å². The number of nitrogens with zero attached hydrogens (tertiary/aromatic N) is 1. The van der Waals surface area contributed by atoms with E-state index >= 15 is 0 Å². The summed E-state index contributed by atoms with van der Waals surface area (Å²) in [5.74, 6) is -0.974. The normalized spacial score (nSPS) is 17.6. The van der Waals surface area contributed by atoms with E-state index in [0.29, 0.717) is 32.7 Å². The van der Waals surface area contributed by atoms with Crippen molar-refractivity contribution < 1.29 is 19.4 Å². The molecule has 6 heteroatoms. The smallest absolute Gasteiger partial charge is 0.326 e. The molecule has 0 spiro atoms. The minimum atomic E-state index is -0.974. The van der Waals surface area contributed by atoms with E-state index < -0.39 is 12.0 Å². The van der Waals surface area contributed by atoms with Gasteiger partial charge >= 0.3 is 12.0 Å². The zero-order valence-corrected chi connectivity index (χ0v) is 12.6. The lowest BCUT2D eigenvalue weighted by Gasteiger charge is -2.29. The van der Waals surface area contributed by atoms with Crippen LogP contribution in [0, 0.1) is 5.41 Å². The van der Waals surface area contributed by atoms with Crippen molar-refractivity contribution >= 4 is 12.0 Å². The van der Waals surface area contributed by atoms with Gasteiger partial charge in [0.1, 0.15) is 6.04 Å². The van der Waals surface area contributed by atoms with E-state index in [9.17, 15) is 14.7 Å². The molecule has 2 amide bonds. The third kappa shape index (κ3) is 5.36. The molecule has 0 unspecified atom stereocenters. The van der Waals surface area contributed by atoms with Crippen LogP contribution in [0.5, 0.6) is 0 Å². The number of carbonyl (C=O) groups is 2. The first kappa shape index (κ1) is 16.8. The number of hydrogen-bond donors (Lipinski definition) is 2. The zero-order chi connectivity index (χ0) is 15.2. The molecule has 0 aromatic carbocycles. The zero-order valence-electron chi connectivity index (χ0n) is 12.6. The lowest BCUT2D eigenvalue weighted by Crippen LogP contribution is -2.51. The number of aliphatic carboxylic acids is 1. The van der Waals surface area contributed by atoms with Crippen molar-refractivity contribution in [2.75, 3.05) is 26.3 Å². The fourth-order valence-electron chi connectivity index (χ4n) is 1.98. The van der Waals surface area contributed by atoms with Crippen LogP contribution in [0.25, 0.3) is 0 Å². The number of hydrogen-bond acceptors (Lipinski definition) is 3. The fourth-order valence-corrected chi connectivity index (χ4v) is 1.98. The second kappa shape index (κ2) is 7.47. The van der Waals surface area contributed by atoms with Gasteiger partial charge in [-0.2, -0.15) is 0 Å². The molecule has 0 aromatic rings. The van der Waals surface area contributed by atoms with Crippen molar-refractivity contribution in [2.24, 2.45) is 5.41 Å². The number of ether oxygens (including phenoxy) is 1. The van der Waals surface area contributed by atoms with Gasteiger partial charge in [0.2, 0.25) is 0 Å². The number of nitrogens with one attached hydrogen (secondary N) is 1. The SMILES string of the molecule is CCC(C)(C)CC[C@H](NC(=O)N1CCOCC1)C(=O)O. The molecule has 1 aliphatic rings. The van der Waals surface area contributed by atoms with Gasteiger partial charge in [-0.15, -0.1) is 0 Å². The van der Waals surface area contributed by atoms with Crippen LogP contribution in [0.3, 0.4) is 0 Å². The first-order valence-corrected chi connectivity index (χ1v) is 7.22. The topological polar surface area (TPSA) is 78.9 Å². The molecule has 0 bridgehead atoms. The number of carbonyl (C=O) groups excluding carboxylic acids is 1. The summed E-state index contributed by atoms with van der Waals surface area (Å²) in [5.41, 5.74) is 0.0946. The molecule has 20 heavy (non-hydrogen) atoms. The van der Waals surface area contributed by atoms with E-state index in [2.05, 4.69) is 26.1 Å². The van der Waals surface area contributed by atoms with Gasteiger partial charge < -0.3 is 20.1 Å². The molecule has 0 radical (unpaired) electrons. The highest BCUT2D eigenvalue weighted by Crippen LogP contribution is 2.26. The van der Waals surface area contributed by atoms with Gasteiger partial charge in [-0.3, -0.25) is 0 Å². The second-order valence-corrected chi connectivity index (χ2v) is 6.00. The summed E-state index contributed by atoms with van der Waals surface area (Å²) in [6.07, 6.45) is 2.20. The average Bonchev–Trinajstić information content (AvgIpc) is 2.43. The highest BCUT2D eigenvalue weighted by atomic mass is 16.5. The van der Waals surface area contributed by atoms with Crippen LogP contribution in [0.15, 0.2) is 0 Å². The average molecular weight is 286 g/mol. The molecule has 1 heterocycles. The highest BCUT2D eigenvalue weighted by Gasteiger charge is 2.26. The molecule has 0 aromatic heterocycles. The Hall–Kier alpha value is -1.30. The van der Waals surface area contributed by atoms with E-state index in [1.807, 2.05) is 0 Å². The molecule has 1 aliphatic heterocycles. The molecule has 0 aliphatic carbocycles. The third-order valence-electron chi connectivity index (χ3n) is 3.96. The van der Waals surface area contributed by atoms with Gasteiger partial charge in [0.15, 0.2) is 0 Å². The molecule has 1 rings (SSSR count). The molecule has 1 fully saturated rings. The van der Waals surface area contributed by atoms with Crippen LogP contribution in [0.1, 0.15) is 40.0 Å². The Morgan fingerprint density at radius 2 is 1.95 bits per heavy atom. The van der Waals surface area contributed by atoms with Crippen LogP contribution in [0.2, 0.25) is 0 Å². The summed E-state index contributed by atoms with van der Waals surface area (Å²) in [4.78, 5) is 24.9. The summed E-state index contributed by atoms with van der Waals surface area (Å²) in [6, 6.07) is -1.13. The molecule has 116 valence electrons. The summed E-state index contributed by atoms with van der Waals surface area (Å²) >= 11 is 0. The Morgan fingerprint density at radius 1 is 1.35 bits per heavy atom. The first-order valence-electron chi connectivity index (χ1n) is 7.22. The Labute approximate surface area is 120 Å². The van der Waals surface area contributed by atoms with Crippen molar-refractivity contribution in [1.82, 2.24) is 10.2 Å². The fraction of sp³-hybridized carbons (Fsp3) is 0.857. The quantitative estimate of drug-likeness (QED) is 0.779. The second-order valence-electron chi connectivity index (χ2n) is 6.00. The predicted octanol–water partition coefficient (Wildman–Crippen LogP) is 1.70. The van der Waals surface area contributed by atoms with Crippen LogP contribution >= 0.6 is 0 Å². The van der Waals surface area contributed by atoms with Gasteiger partial charge in [0.05, 0.1) is 13.2 Å². The summed E-state index contributed by atoms with van der Waals surface area (Å²) < 4.78 is 5.17. The maximum atomic E-state index is 12.0. The number of rotatable bonds is 6. The Morgan fingerprint density at radius 3 is 2.45 bits per heavy atom. The molecular formula is C14H26N2O4. The minimum absolute atomic E-state index is 0.0946. The Balaban J connectivity index is 2.49. The van der Waals surface area contributed by atoms with E-state index in [-0.39, 0.29) is 11.4 Å². The van der Waals surface area contributed by atoms with Crippen LogP contribution in [0.4, 0.5) is 4.79 Å². The lowest BCUT2D eigenvalue weighted by atomic mass is 9.84. The van der Waals surface area contributed by atoms with Crippen molar-refractivity contribution in [2.45, 2.75) is 46.1 Å². The van der Waals surface area contributed by atoms with Crippen molar-refractivity contribution in [3.63, 3.8) is 0 Å². The van der Waals surface area contributed by atoms with Crippen molar-refractivity contribution in [3.05, 3.63) is 0 Å². The molecule has 0 saturated carbocycles. The van der Waals surface area contributed by atoms with Gasteiger partial charge in [0.25, 0.3) is 0 Å². The number of morpholine rings is 1. The maximum Gasteiger partial charge on any atom is 0.326 e. The first-order chi connectivity index (χ1) is 9.35. The summed E-state index contributed by atoms with van der Waals surface area (Å²) in [5, 5.41) is 11.8. The molecule has 1 saturated heterocycles. The van der Waals surface area contributed by atoms with Crippen LogP contribution < -0.4 is 5.32 Å². The van der Waals surface area contributed by atoms with Crippen LogP contribution in [-0.4, -0.2) is 54.4 Å². The van der Waals surface area contributed by atoms with Gasteiger partial charge in [-0.1, -0.05) is 27.2 Å². The third-order valence-corrected chi connectivity index (χ3v) is 3.96. The van der Waals surface area contributed by atoms with Gasteiger partial charge in [-0.25, -0.2) is 9.59 Å². The lowest BCUT2D eigenvalue weighted by molar-refractivity contribution is -0.139. The Kier molecular flexibility index (Phi) is 6.26. The molecule has 1 atom stereocenters. The van der Waals surface area contributed by atoms with Gasteiger partial charge in [0, 0.05) is 13.1 Å². The van der Waals surface area contributed by atoms with Crippen molar-refractivity contribution in [1.29, 1.82) is 0 Å². The predicted molar refractivity (Wildman–Crippen MR) is 75.7 cm³/mol. The van der Waals surface area contributed by atoms with Crippen molar-refractivity contribution in [3.8, 4) is 0 Å². The Bertz CT molecular complexity index is 338. The van der Waals surface area contributed by atoms with Crippen LogP contribution in [-0.2, 0) is 9.53 Å². The van der Waals surface area contributed by atoms with E-state index in [4.69, 9.17) is 4.74 Å². The van der Waals surface area contributed by atoms with Gasteiger partial charge in [-0.05, 0) is 18.3 Å². The largest absolute Gasteiger partial charge is 0.480 e. The standard InChI is InChI=1S/C14H26N2O4/c1-4-14(2,3)6-5-11(12(17)18)15-13(19)16-7-9-20-10-8-16/h11H,4-10H2,1-3H3,(H,15,19)(H,17,18)/t11-/m0/s1. The number of amides is 2. The molecule has 6 nitrogen and oxygen atoms in total. The van der Waals surface area contributed by atoms with E-state index in [1.165, 1.54) is 0 Å². The van der Waals surface area contributed by atoms with E-state index in [0.717, 1.165) is 12.8 Å². The monoisotopic (exact) mass is 286 g/mol. The number of urea groups is 1. The molecular weight excluding hydrogens is 260 g/mol. The number of carboxylic acids is 1. The maximum absolute atomic E-state index is 12.0.